The second kappa shape index (κ2) is 3.30. The summed E-state index contributed by atoms with van der Waals surface area (Å²) in [4.78, 5) is 11.7. The smallest absolute Gasteiger partial charge is 0.167 e. The normalized spacial score (nSPS) is 34.2. The Hall–Kier alpha value is -0.790. The lowest BCUT2D eigenvalue weighted by atomic mass is 9.71. The van der Waals surface area contributed by atoms with Gasteiger partial charge in [-0.15, -0.1) is 0 Å². The number of Topliss-reactive ketones (excluding diaryl/α,β-unsaturated/α-hetero) is 1. The zero-order valence-electron chi connectivity index (χ0n) is 7.76. The number of carbonyl (C=O) groups excluding carboxylic acids is 1. The van der Waals surface area contributed by atoms with E-state index in [2.05, 4.69) is 0 Å². The van der Waals surface area contributed by atoms with Gasteiger partial charge in [-0.3, -0.25) is 4.79 Å². The molecule has 0 radical (unpaired) electrons. The van der Waals surface area contributed by atoms with Crippen molar-refractivity contribution in [2.75, 3.05) is 0 Å². The molecule has 2 nitrogen and oxygen atoms in total. The zero-order valence-corrected chi connectivity index (χ0v) is 7.76. The van der Waals surface area contributed by atoms with Gasteiger partial charge in [0.2, 0.25) is 0 Å². The first-order valence-electron chi connectivity index (χ1n) is 4.52. The highest BCUT2D eigenvalue weighted by Crippen LogP contribution is 2.37. The maximum atomic E-state index is 11.7. The van der Waals surface area contributed by atoms with Gasteiger partial charge in [-0.25, -0.2) is 0 Å². The minimum Gasteiger partial charge on any atom is -0.515 e. The van der Waals surface area contributed by atoms with Crippen molar-refractivity contribution < 1.29 is 9.90 Å². The molecule has 0 aromatic heterocycles. The van der Waals surface area contributed by atoms with Crippen molar-refractivity contribution in [3.63, 3.8) is 0 Å². The van der Waals surface area contributed by atoms with E-state index in [1.54, 1.807) is 0 Å². The summed E-state index contributed by atoms with van der Waals surface area (Å²) in [5, 5.41) is 8.81. The highest BCUT2D eigenvalue weighted by atomic mass is 16.2. The van der Waals surface area contributed by atoms with Gasteiger partial charge in [0.15, 0.2) is 5.78 Å². The van der Waals surface area contributed by atoms with Crippen molar-refractivity contribution >= 4 is 5.78 Å². The molecule has 12 heavy (non-hydrogen) atoms. The molecule has 0 bridgehead atoms. The monoisotopic (exact) mass is 168 g/mol. The minimum absolute atomic E-state index is 0.138. The number of aliphatic hydroxyl groups is 1. The molecule has 1 rings (SSSR count). The largest absolute Gasteiger partial charge is 0.515 e. The molecular weight excluding hydrogens is 152 g/mol. The van der Waals surface area contributed by atoms with Gasteiger partial charge in [-0.1, -0.05) is 13.8 Å². The highest BCUT2D eigenvalue weighted by Gasteiger charge is 2.36. The SMILES string of the molecule is CCC1(C)CCC/C(=C\O)C1=O. The van der Waals surface area contributed by atoms with Gasteiger partial charge < -0.3 is 5.11 Å². The van der Waals surface area contributed by atoms with Crippen LogP contribution in [0.15, 0.2) is 11.8 Å². The zero-order chi connectivity index (χ0) is 9.19. The summed E-state index contributed by atoms with van der Waals surface area (Å²) in [7, 11) is 0. The molecule has 0 aromatic carbocycles. The molecule has 0 amide bonds. The van der Waals surface area contributed by atoms with E-state index < -0.39 is 0 Å². The van der Waals surface area contributed by atoms with E-state index >= 15 is 0 Å². The lowest BCUT2D eigenvalue weighted by molar-refractivity contribution is -0.126. The summed E-state index contributed by atoms with van der Waals surface area (Å²) in [5.74, 6) is 0.138. The Labute approximate surface area is 73.3 Å². The summed E-state index contributed by atoms with van der Waals surface area (Å²) < 4.78 is 0. The van der Waals surface area contributed by atoms with Gasteiger partial charge in [0.1, 0.15) is 0 Å². The number of aliphatic hydroxyl groups excluding tert-OH is 1. The third-order valence-corrected chi connectivity index (χ3v) is 2.95. The van der Waals surface area contributed by atoms with Crippen LogP contribution in [-0.2, 0) is 4.79 Å². The van der Waals surface area contributed by atoms with Crippen LogP contribution < -0.4 is 0 Å². The summed E-state index contributed by atoms with van der Waals surface area (Å²) in [5.41, 5.74) is 0.387. The van der Waals surface area contributed by atoms with Crippen molar-refractivity contribution in [2.24, 2.45) is 5.41 Å². The van der Waals surface area contributed by atoms with E-state index in [0.29, 0.717) is 5.57 Å². The maximum absolute atomic E-state index is 11.7. The van der Waals surface area contributed by atoms with Crippen molar-refractivity contribution in [1.29, 1.82) is 0 Å². The predicted molar refractivity (Wildman–Crippen MR) is 48.0 cm³/mol. The lowest BCUT2D eigenvalue weighted by Gasteiger charge is -2.31. The van der Waals surface area contributed by atoms with Crippen LogP contribution >= 0.6 is 0 Å². The van der Waals surface area contributed by atoms with Gasteiger partial charge in [0.25, 0.3) is 0 Å². The van der Waals surface area contributed by atoms with E-state index in [1.807, 2.05) is 13.8 Å². The number of allylic oxidation sites excluding steroid dienone is 1. The van der Waals surface area contributed by atoms with Crippen molar-refractivity contribution in [3.05, 3.63) is 11.8 Å². The average Bonchev–Trinajstić information content (AvgIpc) is 2.10. The topological polar surface area (TPSA) is 37.3 Å². The fourth-order valence-electron chi connectivity index (χ4n) is 1.74. The minimum atomic E-state index is -0.215. The number of carbonyl (C=O) groups is 1. The summed E-state index contributed by atoms with van der Waals surface area (Å²) in [6.07, 6.45) is 4.56. The number of hydrogen-bond acceptors (Lipinski definition) is 2. The van der Waals surface area contributed by atoms with Crippen LogP contribution in [0.1, 0.15) is 39.5 Å². The summed E-state index contributed by atoms with van der Waals surface area (Å²) >= 11 is 0. The second-order valence-electron chi connectivity index (χ2n) is 3.75. The number of hydrogen-bond donors (Lipinski definition) is 1. The molecule has 2 heteroatoms. The number of rotatable bonds is 1. The molecule has 0 saturated heterocycles. The highest BCUT2D eigenvalue weighted by molar-refractivity contribution is 6.00. The van der Waals surface area contributed by atoms with E-state index in [1.165, 1.54) is 0 Å². The average molecular weight is 168 g/mol. The lowest BCUT2D eigenvalue weighted by Crippen LogP contribution is -2.32. The van der Waals surface area contributed by atoms with Crippen LogP contribution in [-0.4, -0.2) is 10.9 Å². The van der Waals surface area contributed by atoms with Crippen LogP contribution in [0, 0.1) is 5.41 Å². The molecule has 1 aliphatic rings. The Kier molecular flexibility index (Phi) is 2.55. The Bertz CT molecular complexity index is 218. The van der Waals surface area contributed by atoms with Crippen LogP contribution in [0.3, 0.4) is 0 Å². The molecule has 0 spiro atoms. The third-order valence-electron chi connectivity index (χ3n) is 2.95. The molecule has 0 aliphatic heterocycles. The van der Waals surface area contributed by atoms with E-state index in [0.717, 1.165) is 31.9 Å². The molecule has 1 aliphatic carbocycles. The van der Waals surface area contributed by atoms with Gasteiger partial charge in [0.05, 0.1) is 6.26 Å². The molecule has 1 unspecified atom stereocenters. The standard InChI is InChI=1S/C10H16O2/c1-3-10(2)6-4-5-8(7-11)9(10)12/h7,11H,3-6H2,1-2H3/b8-7+. The van der Waals surface area contributed by atoms with Crippen molar-refractivity contribution in [3.8, 4) is 0 Å². The van der Waals surface area contributed by atoms with Gasteiger partial charge in [-0.05, 0) is 25.7 Å². The summed E-state index contributed by atoms with van der Waals surface area (Å²) in [6, 6.07) is 0. The molecular formula is C10H16O2. The summed E-state index contributed by atoms with van der Waals surface area (Å²) in [6.45, 7) is 4.01. The fourth-order valence-corrected chi connectivity index (χ4v) is 1.74. The fraction of sp³-hybridized carbons (Fsp3) is 0.700. The first kappa shape index (κ1) is 9.30. The Morgan fingerprint density at radius 3 is 2.83 bits per heavy atom. The van der Waals surface area contributed by atoms with Crippen molar-refractivity contribution in [1.82, 2.24) is 0 Å². The van der Waals surface area contributed by atoms with Crippen LogP contribution in [0.2, 0.25) is 0 Å². The molecule has 1 saturated carbocycles. The second-order valence-corrected chi connectivity index (χ2v) is 3.75. The molecule has 1 N–H and O–H groups in total. The van der Waals surface area contributed by atoms with Crippen LogP contribution in [0.25, 0.3) is 0 Å². The first-order valence-corrected chi connectivity index (χ1v) is 4.52. The Balaban J connectivity index is 2.87. The maximum Gasteiger partial charge on any atom is 0.167 e. The van der Waals surface area contributed by atoms with Crippen LogP contribution in [0.5, 0.6) is 0 Å². The molecule has 0 heterocycles. The van der Waals surface area contributed by atoms with Gasteiger partial charge in [-0.2, -0.15) is 0 Å². The Morgan fingerprint density at radius 1 is 1.67 bits per heavy atom. The quantitative estimate of drug-likeness (QED) is 0.482. The molecule has 68 valence electrons. The molecule has 1 fully saturated rings. The van der Waals surface area contributed by atoms with Gasteiger partial charge >= 0.3 is 0 Å². The van der Waals surface area contributed by atoms with E-state index in [-0.39, 0.29) is 11.2 Å². The number of ketones is 1. The van der Waals surface area contributed by atoms with E-state index in [9.17, 15) is 4.79 Å². The van der Waals surface area contributed by atoms with Crippen LogP contribution in [0.4, 0.5) is 0 Å². The third kappa shape index (κ3) is 1.38. The Morgan fingerprint density at radius 2 is 2.33 bits per heavy atom. The molecule has 1 atom stereocenters. The van der Waals surface area contributed by atoms with Gasteiger partial charge in [0, 0.05) is 11.0 Å². The molecule has 0 aromatic rings. The van der Waals surface area contributed by atoms with E-state index in [4.69, 9.17) is 5.11 Å². The predicted octanol–water partition coefficient (Wildman–Crippen LogP) is 2.60. The first-order chi connectivity index (χ1) is 5.64. The van der Waals surface area contributed by atoms with Crippen molar-refractivity contribution in [2.45, 2.75) is 39.5 Å².